The topological polar surface area (TPSA) is 71.5 Å². The van der Waals surface area contributed by atoms with Gasteiger partial charge < -0.3 is 4.74 Å². The van der Waals surface area contributed by atoms with Crippen molar-refractivity contribution >= 4 is 23.4 Å². The van der Waals surface area contributed by atoms with Crippen LogP contribution in [0.25, 0.3) is 0 Å². The fourth-order valence-corrected chi connectivity index (χ4v) is 2.19. The molecule has 0 bridgehead atoms. The van der Waals surface area contributed by atoms with E-state index in [1.807, 2.05) is 0 Å². The van der Waals surface area contributed by atoms with Crippen molar-refractivity contribution in [3.05, 3.63) is 5.69 Å². The SMILES string of the molecule is CC(=O)Nc1on[n+](CCN2CCOCC2)c1CCl. The molecule has 1 amide bonds. The Morgan fingerprint density at radius 1 is 1.53 bits per heavy atom. The van der Waals surface area contributed by atoms with Crippen LogP contribution in [-0.2, 0) is 22.0 Å². The summed E-state index contributed by atoms with van der Waals surface area (Å²) < 4.78 is 12.1. The summed E-state index contributed by atoms with van der Waals surface area (Å²) in [5.41, 5.74) is 0.685. The zero-order valence-corrected chi connectivity index (χ0v) is 11.7. The molecule has 2 rings (SSSR count). The Morgan fingerprint density at radius 2 is 2.26 bits per heavy atom. The number of ether oxygens (including phenoxy) is 1. The summed E-state index contributed by atoms with van der Waals surface area (Å²) in [6.45, 7) is 6.32. The van der Waals surface area contributed by atoms with Gasteiger partial charge >= 0.3 is 5.88 Å². The number of rotatable bonds is 5. The predicted molar refractivity (Wildman–Crippen MR) is 67.8 cm³/mol. The molecule has 8 heteroatoms. The molecule has 0 spiro atoms. The van der Waals surface area contributed by atoms with E-state index >= 15 is 0 Å². The quantitative estimate of drug-likeness (QED) is 0.610. The number of aromatic nitrogens is 2. The van der Waals surface area contributed by atoms with Gasteiger partial charge in [-0.1, -0.05) is 0 Å². The fraction of sp³-hybridized carbons (Fsp3) is 0.727. The highest BCUT2D eigenvalue weighted by molar-refractivity contribution is 6.17. The highest BCUT2D eigenvalue weighted by Crippen LogP contribution is 2.12. The molecule has 0 aliphatic carbocycles. The number of carbonyl (C=O) groups excluding carboxylic acids is 1. The summed E-state index contributed by atoms with van der Waals surface area (Å²) in [6, 6.07) is 0. The molecule has 1 aliphatic heterocycles. The number of anilines is 1. The van der Waals surface area contributed by atoms with Gasteiger partial charge in [0.05, 0.1) is 19.8 Å². The van der Waals surface area contributed by atoms with E-state index in [4.69, 9.17) is 20.9 Å². The minimum Gasteiger partial charge on any atom is -0.379 e. The first-order valence-electron chi connectivity index (χ1n) is 6.23. The number of halogens is 1. The second-order valence-corrected chi connectivity index (χ2v) is 4.61. The van der Waals surface area contributed by atoms with E-state index < -0.39 is 0 Å². The van der Waals surface area contributed by atoms with Gasteiger partial charge in [0.1, 0.15) is 5.88 Å². The molecule has 1 fully saturated rings. The second-order valence-electron chi connectivity index (χ2n) is 4.34. The van der Waals surface area contributed by atoms with E-state index in [1.165, 1.54) is 6.92 Å². The van der Waals surface area contributed by atoms with Gasteiger partial charge in [-0.2, -0.15) is 0 Å². The monoisotopic (exact) mass is 289 g/mol. The molecule has 0 atom stereocenters. The molecule has 0 aromatic carbocycles. The van der Waals surface area contributed by atoms with Crippen LogP contribution in [0.2, 0.25) is 0 Å². The lowest BCUT2D eigenvalue weighted by Crippen LogP contribution is -2.47. The highest BCUT2D eigenvalue weighted by Gasteiger charge is 2.25. The van der Waals surface area contributed by atoms with Crippen LogP contribution in [0.1, 0.15) is 12.6 Å². The predicted octanol–water partition coefficient (Wildman–Crippen LogP) is -0.00850. The maximum atomic E-state index is 11.0. The van der Waals surface area contributed by atoms with Gasteiger partial charge in [-0.3, -0.25) is 19.5 Å². The van der Waals surface area contributed by atoms with Gasteiger partial charge in [0.2, 0.25) is 11.2 Å². The van der Waals surface area contributed by atoms with Crippen LogP contribution in [0, 0.1) is 0 Å². The number of alkyl halides is 1. The molecule has 0 radical (unpaired) electrons. The largest absolute Gasteiger partial charge is 0.379 e. The molecular weight excluding hydrogens is 272 g/mol. The van der Waals surface area contributed by atoms with E-state index in [9.17, 15) is 4.79 Å². The lowest BCUT2D eigenvalue weighted by Gasteiger charge is -2.24. The van der Waals surface area contributed by atoms with Gasteiger partial charge in [-0.05, 0) is 4.68 Å². The van der Waals surface area contributed by atoms with Crippen LogP contribution >= 0.6 is 11.6 Å². The maximum Gasteiger partial charge on any atom is 0.306 e. The van der Waals surface area contributed by atoms with Crippen molar-refractivity contribution < 1.29 is 18.7 Å². The fourth-order valence-electron chi connectivity index (χ4n) is 1.93. The number of carbonyl (C=O) groups is 1. The zero-order chi connectivity index (χ0) is 13.7. The summed E-state index contributed by atoms with van der Waals surface area (Å²) in [5, 5.41) is 6.48. The standard InChI is InChI=1S/C11H17ClN4O3/c1-9(17)13-11-10(8-12)16(14-19-11)3-2-15-4-6-18-7-5-15/h2-8H2,1H3/p+1. The number of nitrogens with one attached hydrogen (secondary N) is 1. The molecule has 2 heterocycles. The number of amides is 1. The van der Waals surface area contributed by atoms with E-state index in [0.29, 0.717) is 18.1 Å². The van der Waals surface area contributed by atoms with Gasteiger partial charge in [-0.25, -0.2) is 0 Å². The van der Waals surface area contributed by atoms with Crippen LogP contribution in [0.4, 0.5) is 5.88 Å². The summed E-state index contributed by atoms with van der Waals surface area (Å²) in [5.74, 6) is 0.356. The summed E-state index contributed by atoms with van der Waals surface area (Å²) >= 11 is 5.88. The summed E-state index contributed by atoms with van der Waals surface area (Å²) in [4.78, 5) is 13.3. The lowest BCUT2D eigenvalue weighted by atomic mass is 10.4. The Balaban J connectivity index is 1.95. The van der Waals surface area contributed by atoms with Crippen molar-refractivity contribution in [1.82, 2.24) is 10.2 Å². The van der Waals surface area contributed by atoms with Crippen LogP contribution in [0.5, 0.6) is 0 Å². The number of hydrogen-bond donors (Lipinski definition) is 1. The average Bonchev–Trinajstić information content (AvgIpc) is 2.78. The summed E-state index contributed by atoms with van der Waals surface area (Å²) in [6.07, 6.45) is 0. The Hall–Kier alpha value is -1.18. The Bertz CT molecular complexity index is 432. The lowest BCUT2D eigenvalue weighted by molar-refractivity contribution is -0.766. The zero-order valence-electron chi connectivity index (χ0n) is 10.9. The van der Waals surface area contributed by atoms with Crippen molar-refractivity contribution in [3.8, 4) is 0 Å². The van der Waals surface area contributed by atoms with Gasteiger partial charge in [0.15, 0.2) is 6.54 Å². The molecule has 1 aromatic heterocycles. The minimum atomic E-state index is -0.206. The molecule has 106 valence electrons. The molecule has 19 heavy (non-hydrogen) atoms. The van der Waals surface area contributed by atoms with Crippen LogP contribution in [0.15, 0.2) is 4.52 Å². The van der Waals surface area contributed by atoms with Gasteiger partial charge in [0.25, 0.3) is 5.69 Å². The highest BCUT2D eigenvalue weighted by atomic mass is 35.5. The van der Waals surface area contributed by atoms with Gasteiger partial charge in [-0.15, -0.1) is 11.6 Å². The molecule has 1 aromatic rings. The van der Waals surface area contributed by atoms with E-state index in [2.05, 4.69) is 15.5 Å². The Morgan fingerprint density at radius 3 is 2.89 bits per heavy atom. The molecule has 1 aliphatic rings. The first-order valence-corrected chi connectivity index (χ1v) is 6.76. The Labute approximate surface area is 116 Å². The molecule has 0 unspecified atom stereocenters. The first-order chi connectivity index (χ1) is 9.20. The van der Waals surface area contributed by atoms with Crippen LogP contribution < -0.4 is 10.00 Å². The molecular formula is C11H18ClN4O3+. The second kappa shape index (κ2) is 6.83. The maximum absolute atomic E-state index is 11.0. The number of hydrogen-bond acceptors (Lipinski definition) is 5. The van der Waals surface area contributed by atoms with E-state index in [1.54, 1.807) is 4.68 Å². The van der Waals surface area contributed by atoms with Crippen molar-refractivity contribution in [2.24, 2.45) is 0 Å². The van der Waals surface area contributed by atoms with Crippen molar-refractivity contribution in [1.29, 1.82) is 0 Å². The third kappa shape index (κ3) is 3.89. The van der Waals surface area contributed by atoms with Crippen molar-refractivity contribution in [2.45, 2.75) is 19.3 Å². The third-order valence-electron chi connectivity index (χ3n) is 2.95. The first kappa shape index (κ1) is 14.2. The van der Waals surface area contributed by atoms with E-state index in [0.717, 1.165) is 32.8 Å². The van der Waals surface area contributed by atoms with Gasteiger partial charge in [0, 0.05) is 20.0 Å². The average molecular weight is 290 g/mol. The summed E-state index contributed by atoms with van der Waals surface area (Å²) in [7, 11) is 0. The molecule has 0 saturated carbocycles. The smallest absolute Gasteiger partial charge is 0.306 e. The normalized spacial score (nSPS) is 16.5. The van der Waals surface area contributed by atoms with Crippen molar-refractivity contribution in [2.75, 3.05) is 38.2 Å². The molecule has 7 nitrogen and oxygen atoms in total. The third-order valence-corrected chi connectivity index (χ3v) is 3.21. The minimum absolute atomic E-state index is 0.206. The number of morpholine rings is 1. The van der Waals surface area contributed by atoms with Crippen LogP contribution in [-0.4, -0.2) is 48.9 Å². The van der Waals surface area contributed by atoms with Crippen LogP contribution in [0.3, 0.4) is 0 Å². The van der Waals surface area contributed by atoms with Crippen molar-refractivity contribution in [3.63, 3.8) is 0 Å². The Kier molecular flexibility index (Phi) is 5.12. The molecule has 1 saturated heterocycles. The van der Waals surface area contributed by atoms with E-state index in [-0.39, 0.29) is 11.8 Å². The molecule has 1 N–H and O–H groups in total. The number of nitrogens with zero attached hydrogens (tertiary/aromatic N) is 3.